The lowest BCUT2D eigenvalue weighted by molar-refractivity contribution is 0.660. The highest BCUT2D eigenvalue weighted by Gasteiger charge is 2.47. The Bertz CT molecular complexity index is 3160. The Balaban J connectivity index is 1.35. The predicted octanol–water partition coefficient (Wildman–Crippen LogP) is 9.64. The summed E-state index contributed by atoms with van der Waals surface area (Å²) < 4.78 is 18.7. The predicted molar refractivity (Wildman–Crippen MR) is 197 cm³/mol. The molecule has 6 aromatic carbocycles. The highest BCUT2D eigenvalue weighted by Crippen LogP contribution is 2.55. The second kappa shape index (κ2) is 7.61. The zero-order valence-electron chi connectivity index (χ0n) is 26.3. The lowest BCUT2D eigenvalue weighted by Gasteiger charge is -2.36. The van der Waals surface area contributed by atoms with Gasteiger partial charge in [0.15, 0.2) is 11.2 Å². The minimum absolute atomic E-state index is 0.0476. The van der Waals surface area contributed by atoms with E-state index in [4.69, 9.17) is 8.83 Å². The van der Waals surface area contributed by atoms with E-state index in [0.29, 0.717) is 0 Å². The molecule has 0 unspecified atom stereocenters. The number of aromatic nitrogens is 2. The molecule has 6 heterocycles. The third-order valence-corrected chi connectivity index (χ3v) is 11.9. The zero-order chi connectivity index (χ0) is 31.2. The van der Waals surface area contributed by atoms with Crippen LogP contribution in [0.3, 0.4) is 0 Å². The van der Waals surface area contributed by atoms with E-state index in [1.54, 1.807) is 0 Å². The van der Waals surface area contributed by atoms with Gasteiger partial charge in [0, 0.05) is 43.6 Å². The molecule has 0 spiro atoms. The summed E-state index contributed by atoms with van der Waals surface area (Å²) in [5, 5.41) is 4.62. The second-order valence-corrected chi connectivity index (χ2v) is 14.4. The van der Waals surface area contributed by atoms with E-state index in [1.165, 1.54) is 71.9 Å². The van der Waals surface area contributed by atoms with Gasteiger partial charge in [-0.05, 0) is 75.6 Å². The summed E-state index contributed by atoms with van der Waals surface area (Å²) in [6.45, 7) is 4.74. The van der Waals surface area contributed by atoms with Gasteiger partial charge in [0.1, 0.15) is 16.7 Å². The Labute approximate surface area is 274 Å². The van der Waals surface area contributed by atoms with Crippen LogP contribution < -0.4 is 10.9 Å². The molecule has 222 valence electrons. The molecule has 0 N–H and O–H groups in total. The number of hydrogen-bond donors (Lipinski definition) is 0. The van der Waals surface area contributed by atoms with Gasteiger partial charge in [0.25, 0.3) is 0 Å². The molecule has 13 rings (SSSR count). The van der Waals surface area contributed by atoms with Crippen molar-refractivity contribution in [3.63, 3.8) is 0 Å². The van der Waals surface area contributed by atoms with Gasteiger partial charge in [-0.3, -0.25) is 0 Å². The van der Waals surface area contributed by atoms with Gasteiger partial charge in [-0.2, -0.15) is 0 Å². The SMILES string of the molecule is CC1(C)c2ccccc2-c2c1cc1c3c2-n2c4c(cccc4c4oc5ccccc5c42)B3n2c3c-1cccc3c1oc3ccccc3c12. The van der Waals surface area contributed by atoms with Gasteiger partial charge in [-0.1, -0.05) is 86.6 Å². The number of hydrogen-bond acceptors (Lipinski definition) is 2. The average molecular weight is 612 g/mol. The minimum atomic E-state index is -0.162. The van der Waals surface area contributed by atoms with E-state index in [2.05, 4.69) is 138 Å². The van der Waals surface area contributed by atoms with Crippen molar-refractivity contribution in [1.82, 2.24) is 9.05 Å². The summed E-state index contributed by atoms with van der Waals surface area (Å²) in [5.41, 5.74) is 20.4. The lowest BCUT2D eigenvalue weighted by atomic mass is 9.45. The van der Waals surface area contributed by atoms with E-state index >= 15 is 0 Å². The Kier molecular flexibility index (Phi) is 3.85. The van der Waals surface area contributed by atoms with Crippen LogP contribution in [0, 0.1) is 0 Å². The van der Waals surface area contributed by atoms with Crippen LogP contribution in [0.4, 0.5) is 0 Å². The molecule has 3 aliphatic rings. The monoisotopic (exact) mass is 612 g/mol. The number of benzene rings is 6. The Hall–Kier alpha value is -5.94. The molecule has 1 aliphatic carbocycles. The summed E-state index contributed by atoms with van der Waals surface area (Å²) in [6.07, 6.45) is 0. The first-order chi connectivity index (χ1) is 23.6. The zero-order valence-corrected chi connectivity index (χ0v) is 26.3. The summed E-state index contributed by atoms with van der Waals surface area (Å²) in [4.78, 5) is 0. The van der Waals surface area contributed by atoms with Gasteiger partial charge in [0.05, 0.1) is 16.7 Å². The van der Waals surface area contributed by atoms with Crippen LogP contribution in [0.5, 0.6) is 0 Å². The molecule has 0 saturated heterocycles. The van der Waals surface area contributed by atoms with Crippen LogP contribution in [0.2, 0.25) is 0 Å². The van der Waals surface area contributed by atoms with E-state index < -0.39 is 0 Å². The third kappa shape index (κ3) is 2.42. The van der Waals surface area contributed by atoms with Crippen LogP contribution in [0.15, 0.2) is 124 Å². The largest absolute Gasteiger partial charge is 0.454 e. The van der Waals surface area contributed by atoms with Crippen molar-refractivity contribution in [2.24, 2.45) is 0 Å². The summed E-state index contributed by atoms with van der Waals surface area (Å²) >= 11 is 0. The Morgan fingerprint density at radius 3 is 1.98 bits per heavy atom. The smallest absolute Gasteiger partial charge is 0.333 e. The minimum Gasteiger partial charge on any atom is -0.454 e. The highest BCUT2D eigenvalue weighted by molar-refractivity contribution is 6.90. The fourth-order valence-electron chi connectivity index (χ4n) is 10.0. The van der Waals surface area contributed by atoms with Crippen LogP contribution in [0.25, 0.3) is 93.9 Å². The molecular weight excluding hydrogens is 587 g/mol. The fourth-order valence-corrected chi connectivity index (χ4v) is 10.0. The van der Waals surface area contributed by atoms with Crippen molar-refractivity contribution in [2.45, 2.75) is 19.3 Å². The van der Waals surface area contributed by atoms with Gasteiger partial charge in [-0.15, -0.1) is 0 Å². The molecule has 10 aromatic rings. The summed E-state index contributed by atoms with van der Waals surface area (Å²) in [5.74, 6) is 0. The van der Waals surface area contributed by atoms with Crippen LogP contribution in [-0.4, -0.2) is 15.9 Å². The van der Waals surface area contributed by atoms with Gasteiger partial charge in [0.2, 0.25) is 0 Å². The first kappa shape index (κ1) is 24.3. The van der Waals surface area contributed by atoms with Crippen LogP contribution in [0.1, 0.15) is 25.0 Å². The van der Waals surface area contributed by atoms with Crippen LogP contribution >= 0.6 is 0 Å². The first-order valence-corrected chi connectivity index (χ1v) is 16.8. The average Bonchev–Trinajstić information content (AvgIpc) is 3.89. The Morgan fingerprint density at radius 1 is 0.542 bits per heavy atom. The fraction of sp³-hybridized carbons (Fsp3) is 0.0698. The number of fused-ring (bicyclic) bond motifs is 18. The molecule has 2 aliphatic heterocycles. The van der Waals surface area contributed by atoms with Crippen molar-refractivity contribution in [1.29, 1.82) is 0 Å². The molecule has 48 heavy (non-hydrogen) atoms. The maximum atomic E-state index is 6.77. The molecule has 0 fully saturated rings. The number of nitrogens with zero attached hydrogens (tertiary/aromatic N) is 2. The number of para-hydroxylation sites is 4. The molecule has 0 bridgehead atoms. The van der Waals surface area contributed by atoms with Crippen molar-refractivity contribution in [3.05, 3.63) is 126 Å². The summed E-state index contributed by atoms with van der Waals surface area (Å²) in [6, 6.07) is 42.2. The van der Waals surface area contributed by atoms with Gasteiger partial charge >= 0.3 is 6.85 Å². The third-order valence-electron chi connectivity index (χ3n) is 11.9. The van der Waals surface area contributed by atoms with Crippen molar-refractivity contribution in [2.75, 3.05) is 0 Å². The van der Waals surface area contributed by atoms with E-state index in [0.717, 1.165) is 44.0 Å². The normalized spacial score (nSPS) is 15.0. The van der Waals surface area contributed by atoms with Crippen molar-refractivity contribution >= 4 is 83.7 Å². The second-order valence-electron chi connectivity index (χ2n) is 14.4. The van der Waals surface area contributed by atoms with Gasteiger partial charge < -0.3 is 17.9 Å². The van der Waals surface area contributed by atoms with Crippen molar-refractivity contribution < 1.29 is 8.83 Å². The standard InChI is InChI=1S/C43H25BN2O2/c1-43(2)29-17-6-3-11-23(29)34-30(43)21-28-22-14-9-15-26-36(22)46(39-25-13-5-8-20-33(25)48-42(26)39)44-31-18-10-16-27-37(31)45(40(34)35(28)44)38-24-12-4-7-19-32(24)47-41(27)38/h3-21H,1-2H3. The molecule has 0 atom stereocenters. The maximum Gasteiger partial charge on any atom is 0.333 e. The van der Waals surface area contributed by atoms with Gasteiger partial charge in [-0.25, -0.2) is 0 Å². The highest BCUT2D eigenvalue weighted by atomic mass is 16.3. The van der Waals surface area contributed by atoms with E-state index in [1.807, 2.05) is 0 Å². The number of furan rings is 2. The quantitative estimate of drug-likeness (QED) is 0.160. The topological polar surface area (TPSA) is 36.1 Å². The van der Waals surface area contributed by atoms with E-state index in [9.17, 15) is 0 Å². The molecule has 4 aromatic heterocycles. The first-order valence-electron chi connectivity index (χ1n) is 16.8. The molecule has 5 heteroatoms. The maximum absolute atomic E-state index is 6.77. The number of rotatable bonds is 0. The molecule has 4 nitrogen and oxygen atoms in total. The van der Waals surface area contributed by atoms with Crippen LogP contribution in [-0.2, 0) is 5.41 Å². The van der Waals surface area contributed by atoms with E-state index in [-0.39, 0.29) is 12.3 Å². The lowest BCUT2D eigenvalue weighted by Crippen LogP contribution is -2.55. The molecule has 0 amide bonds. The Morgan fingerprint density at radius 2 is 1.17 bits per heavy atom. The molecule has 0 saturated carbocycles. The molecule has 0 radical (unpaired) electrons. The molecular formula is C43H25BN2O2. The summed E-state index contributed by atoms with van der Waals surface area (Å²) in [7, 11) is 0. The van der Waals surface area contributed by atoms with Crippen molar-refractivity contribution in [3.8, 4) is 27.9 Å².